The number of hydrogen-bond donors (Lipinski definition) is 0. The molecule has 5 aromatic heterocycles. The molecule has 0 atom stereocenters. The molecule has 0 aliphatic carbocycles. The summed E-state index contributed by atoms with van der Waals surface area (Å²) in [5.41, 5.74) is 0. The van der Waals surface area contributed by atoms with E-state index in [2.05, 4.69) is 98.8 Å². The number of hydrogen-bond acceptors (Lipinski definition) is 5. The summed E-state index contributed by atoms with van der Waals surface area (Å²) in [6.45, 7) is 4.55. The van der Waals surface area contributed by atoms with E-state index in [0.717, 1.165) is 0 Å². The summed E-state index contributed by atoms with van der Waals surface area (Å²) < 4.78 is 0. The van der Waals surface area contributed by atoms with Crippen LogP contribution in [0.3, 0.4) is 0 Å². The third kappa shape index (κ3) is 9.23. The van der Waals surface area contributed by atoms with Crippen molar-refractivity contribution in [3.05, 3.63) is 89.9 Å². The van der Waals surface area contributed by atoms with E-state index in [4.69, 9.17) is 0 Å². The molecule has 0 nitrogen and oxygen atoms in total. The maximum Gasteiger partial charge on any atom is 0.0449 e. The summed E-state index contributed by atoms with van der Waals surface area (Å²) in [4.78, 5) is 13.8. The lowest BCUT2D eigenvalue weighted by atomic mass is 10.1. The van der Waals surface area contributed by atoms with Gasteiger partial charge in [-0.2, -0.15) is 0 Å². The van der Waals surface area contributed by atoms with Gasteiger partial charge in [0.1, 0.15) is 0 Å². The van der Waals surface area contributed by atoms with Crippen molar-refractivity contribution in [3.63, 3.8) is 0 Å². The molecule has 41 heavy (non-hydrogen) atoms. The van der Waals surface area contributed by atoms with Crippen molar-refractivity contribution in [2.24, 2.45) is 0 Å². The van der Waals surface area contributed by atoms with E-state index in [1.807, 2.05) is 56.7 Å². The average Bonchev–Trinajstić information content (AvgIpc) is 3.82. The molecule has 214 valence electrons. The van der Waals surface area contributed by atoms with Crippen LogP contribution in [0.15, 0.2) is 60.7 Å². The van der Waals surface area contributed by atoms with E-state index in [0.29, 0.717) is 0 Å². The first-order valence-corrected chi connectivity index (χ1v) is 19.1. The molecular formula is C36H40S5. The molecule has 0 aliphatic heterocycles. The van der Waals surface area contributed by atoms with Gasteiger partial charge in [0.2, 0.25) is 0 Å². The Kier molecular flexibility index (Phi) is 11.9. The largest absolute Gasteiger partial charge is 0.141 e. The van der Waals surface area contributed by atoms with Crippen LogP contribution in [0, 0.1) is 0 Å². The molecule has 0 amide bonds. The minimum Gasteiger partial charge on any atom is -0.141 e. The summed E-state index contributed by atoms with van der Waals surface area (Å²) in [5, 5.41) is 0. The molecule has 5 heteroatoms. The molecule has 0 aliphatic rings. The van der Waals surface area contributed by atoms with Gasteiger partial charge in [0.05, 0.1) is 0 Å². The molecule has 0 bridgehead atoms. The Bertz CT molecular complexity index is 1420. The summed E-state index contributed by atoms with van der Waals surface area (Å²) >= 11 is 9.54. The highest BCUT2D eigenvalue weighted by atomic mass is 32.1. The zero-order valence-electron chi connectivity index (χ0n) is 24.2. The summed E-state index contributed by atoms with van der Waals surface area (Å²) in [6.07, 6.45) is 22.2. The zero-order valence-corrected chi connectivity index (χ0v) is 28.3. The van der Waals surface area contributed by atoms with Crippen molar-refractivity contribution in [2.45, 2.75) is 78.1 Å². The Labute approximate surface area is 266 Å². The Morgan fingerprint density at radius 1 is 0.390 bits per heavy atom. The van der Waals surface area contributed by atoms with Crippen LogP contribution >= 0.6 is 56.7 Å². The highest BCUT2D eigenvalue weighted by molar-refractivity contribution is 7.26. The van der Waals surface area contributed by atoms with Gasteiger partial charge in [-0.05, 0) is 111 Å². The lowest BCUT2D eigenvalue weighted by Crippen LogP contribution is -1.80. The molecule has 0 saturated carbocycles. The highest BCUT2D eigenvalue weighted by Gasteiger charge is 2.09. The molecule has 5 aromatic rings. The monoisotopic (exact) mass is 632 g/mol. The van der Waals surface area contributed by atoms with E-state index in [1.165, 1.54) is 113 Å². The summed E-state index contributed by atoms with van der Waals surface area (Å²) in [5.74, 6) is 0. The van der Waals surface area contributed by atoms with Gasteiger partial charge in [-0.15, -0.1) is 56.7 Å². The van der Waals surface area contributed by atoms with Crippen LogP contribution < -0.4 is 0 Å². The minimum absolute atomic E-state index is 1.22. The second kappa shape index (κ2) is 16.0. The number of thiophene rings is 5. The van der Waals surface area contributed by atoms with Crippen LogP contribution in [0.5, 0.6) is 0 Å². The zero-order chi connectivity index (χ0) is 28.3. The molecule has 5 rings (SSSR count). The van der Waals surface area contributed by atoms with Gasteiger partial charge in [-0.1, -0.05) is 52.4 Å². The van der Waals surface area contributed by atoms with Crippen LogP contribution in [0.25, 0.3) is 43.8 Å². The maximum atomic E-state index is 2.31. The molecule has 0 fully saturated rings. The maximum absolute atomic E-state index is 2.31. The van der Waals surface area contributed by atoms with Crippen molar-refractivity contribution in [3.8, 4) is 19.5 Å². The average molecular weight is 633 g/mol. The predicted molar refractivity (Wildman–Crippen MR) is 193 cm³/mol. The SMILES string of the molecule is CCCCCCc1ccc(/C=C/c2ccc(-c3ccc(-c4ccc(/C=C/c5ccc(CCCCCC)s5)s4)s3)s2)s1. The van der Waals surface area contributed by atoms with Crippen LogP contribution in [0.4, 0.5) is 0 Å². The van der Waals surface area contributed by atoms with Crippen LogP contribution in [-0.2, 0) is 12.8 Å². The number of aryl methyl sites for hydroxylation is 2. The van der Waals surface area contributed by atoms with Gasteiger partial charge in [-0.25, -0.2) is 0 Å². The third-order valence-electron chi connectivity index (χ3n) is 7.09. The molecule has 5 heterocycles. The highest BCUT2D eigenvalue weighted by Crippen LogP contribution is 2.40. The van der Waals surface area contributed by atoms with E-state index in [-0.39, 0.29) is 0 Å². The quantitative estimate of drug-likeness (QED) is 0.0949. The normalized spacial score (nSPS) is 12.0. The molecule has 0 N–H and O–H groups in total. The van der Waals surface area contributed by atoms with Gasteiger partial charge < -0.3 is 0 Å². The van der Waals surface area contributed by atoms with Crippen LogP contribution in [0.2, 0.25) is 0 Å². The van der Waals surface area contributed by atoms with Crippen molar-refractivity contribution >= 4 is 81.0 Å². The molecule has 0 aromatic carbocycles. The lowest BCUT2D eigenvalue weighted by molar-refractivity contribution is 0.670. The first-order valence-electron chi connectivity index (χ1n) is 15.0. The Hall–Kier alpha value is -2.02. The Morgan fingerprint density at radius 2 is 0.756 bits per heavy atom. The van der Waals surface area contributed by atoms with Crippen LogP contribution in [-0.4, -0.2) is 0 Å². The van der Waals surface area contributed by atoms with E-state index in [1.54, 1.807) is 0 Å². The van der Waals surface area contributed by atoms with Crippen LogP contribution in [0.1, 0.15) is 94.5 Å². The van der Waals surface area contributed by atoms with E-state index >= 15 is 0 Å². The topological polar surface area (TPSA) is 0 Å². The number of unbranched alkanes of at least 4 members (excludes halogenated alkanes) is 6. The molecule has 0 unspecified atom stereocenters. The Morgan fingerprint density at radius 3 is 1.20 bits per heavy atom. The van der Waals surface area contributed by atoms with Crippen molar-refractivity contribution in [1.29, 1.82) is 0 Å². The van der Waals surface area contributed by atoms with Crippen molar-refractivity contribution in [2.75, 3.05) is 0 Å². The van der Waals surface area contributed by atoms with Gasteiger partial charge in [-0.3, -0.25) is 0 Å². The molecule has 0 radical (unpaired) electrons. The smallest absolute Gasteiger partial charge is 0.0449 e. The summed E-state index contributed by atoms with van der Waals surface area (Å²) in [6, 6.07) is 22.8. The fourth-order valence-electron chi connectivity index (χ4n) is 4.77. The summed E-state index contributed by atoms with van der Waals surface area (Å²) in [7, 11) is 0. The predicted octanol–water partition coefficient (Wildman–Crippen LogP) is 13.9. The fraction of sp³-hybridized carbons (Fsp3) is 0.333. The fourth-order valence-corrected chi connectivity index (χ4v) is 9.69. The molecular weight excluding hydrogens is 593 g/mol. The number of rotatable bonds is 16. The van der Waals surface area contributed by atoms with E-state index in [9.17, 15) is 0 Å². The van der Waals surface area contributed by atoms with Gasteiger partial charge in [0.25, 0.3) is 0 Å². The lowest BCUT2D eigenvalue weighted by Gasteiger charge is -1.96. The van der Waals surface area contributed by atoms with Gasteiger partial charge in [0.15, 0.2) is 0 Å². The van der Waals surface area contributed by atoms with Gasteiger partial charge >= 0.3 is 0 Å². The van der Waals surface area contributed by atoms with E-state index < -0.39 is 0 Å². The first kappa shape index (κ1) is 30.4. The second-order valence-electron chi connectivity index (χ2n) is 10.5. The first-order chi connectivity index (χ1) is 20.2. The minimum atomic E-state index is 1.22. The molecule has 0 saturated heterocycles. The second-order valence-corrected chi connectivity index (χ2v) is 16.2. The van der Waals surface area contributed by atoms with Crippen molar-refractivity contribution in [1.82, 2.24) is 0 Å². The molecule has 0 spiro atoms. The van der Waals surface area contributed by atoms with Crippen molar-refractivity contribution < 1.29 is 0 Å². The Balaban J connectivity index is 1.15. The third-order valence-corrected chi connectivity index (χ3v) is 12.9. The van der Waals surface area contributed by atoms with Gasteiger partial charge in [0, 0.05) is 48.8 Å². The standard InChI is InChI=1S/C36H40S5/c1-3-5-7-9-11-27-13-15-29(37-27)17-19-31-21-23-33(39-31)35-25-26-36(41-35)34-24-22-32(40-34)20-18-30-16-14-28(38-30)12-10-8-6-4-2/h13-26H,3-12H2,1-2H3/b19-17+,20-18+.